The van der Waals surface area contributed by atoms with Gasteiger partial charge in [0.2, 0.25) is 0 Å². The Kier molecular flexibility index (Phi) is 5.95. The predicted molar refractivity (Wildman–Crippen MR) is 74.4 cm³/mol. The molecule has 3 nitrogen and oxygen atoms in total. The van der Waals surface area contributed by atoms with Crippen molar-refractivity contribution in [2.24, 2.45) is 0 Å². The van der Waals surface area contributed by atoms with Gasteiger partial charge in [0.25, 0.3) is 0 Å². The van der Waals surface area contributed by atoms with Gasteiger partial charge in [0.1, 0.15) is 0 Å². The van der Waals surface area contributed by atoms with E-state index in [4.69, 9.17) is 5.11 Å². The van der Waals surface area contributed by atoms with Crippen LogP contribution in [0.5, 0.6) is 0 Å². The van der Waals surface area contributed by atoms with E-state index in [1.165, 1.54) is 0 Å². The van der Waals surface area contributed by atoms with E-state index in [1.54, 1.807) is 6.92 Å². The van der Waals surface area contributed by atoms with Crippen molar-refractivity contribution in [2.45, 2.75) is 26.4 Å². The highest BCUT2D eigenvalue weighted by molar-refractivity contribution is 9.10. The molecule has 0 aliphatic carbocycles. The molecule has 0 spiro atoms. The maximum Gasteiger partial charge on any atom is 0.0762 e. The first-order chi connectivity index (χ1) is 8.10. The summed E-state index contributed by atoms with van der Waals surface area (Å²) in [6.07, 6.45) is 0.572. The topological polar surface area (TPSA) is 43.7 Å². The number of aliphatic hydroxyl groups is 2. The zero-order valence-corrected chi connectivity index (χ0v) is 11.9. The fourth-order valence-electron chi connectivity index (χ4n) is 1.78. The molecule has 0 saturated carbocycles. The molecular weight excluding hydrogens is 282 g/mol. The Morgan fingerprint density at radius 1 is 1.35 bits per heavy atom. The molecule has 1 rings (SSSR count). The second kappa shape index (κ2) is 6.99. The molecule has 2 N–H and O–H groups in total. The Morgan fingerprint density at radius 3 is 2.53 bits per heavy atom. The van der Waals surface area contributed by atoms with Gasteiger partial charge in [0.05, 0.1) is 18.4 Å². The summed E-state index contributed by atoms with van der Waals surface area (Å²) in [5.74, 6) is 0. The SMILES string of the molecule is CCCN(CCO)c1ccc([C@@H](C)O)cc1Br. The molecule has 0 amide bonds. The minimum atomic E-state index is -0.460. The lowest BCUT2D eigenvalue weighted by atomic mass is 10.1. The summed E-state index contributed by atoms with van der Waals surface area (Å²) in [6, 6.07) is 5.84. The highest BCUT2D eigenvalue weighted by Crippen LogP contribution is 2.29. The van der Waals surface area contributed by atoms with Crippen LogP contribution in [-0.4, -0.2) is 29.9 Å². The summed E-state index contributed by atoms with van der Waals surface area (Å²) in [5.41, 5.74) is 1.95. The molecule has 0 aliphatic heterocycles. The van der Waals surface area contributed by atoms with Crippen molar-refractivity contribution in [2.75, 3.05) is 24.6 Å². The average Bonchev–Trinajstić information content (AvgIpc) is 2.28. The summed E-state index contributed by atoms with van der Waals surface area (Å²) in [4.78, 5) is 2.13. The van der Waals surface area contributed by atoms with E-state index in [1.807, 2.05) is 18.2 Å². The van der Waals surface area contributed by atoms with Crippen LogP contribution < -0.4 is 4.90 Å². The number of anilines is 1. The lowest BCUT2D eigenvalue weighted by Gasteiger charge is -2.25. The van der Waals surface area contributed by atoms with E-state index in [-0.39, 0.29) is 6.61 Å². The summed E-state index contributed by atoms with van der Waals surface area (Å²) in [5, 5.41) is 18.6. The molecule has 0 unspecified atom stereocenters. The lowest BCUT2D eigenvalue weighted by molar-refractivity contribution is 0.199. The minimum absolute atomic E-state index is 0.143. The van der Waals surface area contributed by atoms with Crippen molar-refractivity contribution in [1.82, 2.24) is 0 Å². The van der Waals surface area contributed by atoms with Gasteiger partial charge >= 0.3 is 0 Å². The largest absolute Gasteiger partial charge is 0.395 e. The molecule has 96 valence electrons. The Bertz CT molecular complexity index is 349. The van der Waals surface area contributed by atoms with E-state index < -0.39 is 6.10 Å². The first-order valence-corrected chi connectivity index (χ1v) is 6.72. The molecule has 0 saturated heterocycles. The molecule has 0 radical (unpaired) electrons. The second-order valence-electron chi connectivity index (χ2n) is 4.10. The maximum atomic E-state index is 9.51. The van der Waals surface area contributed by atoms with Crippen molar-refractivity contribution in [3.63, 3.8) is 0 Å². The molecular formula is C13H20BrNO2. The van der Waals surface area contributed by atoms with Gasteiger partial charge in [-0.1, -0.05) is 13.0 Å². The van der Waals surface area contributed by atoms with E-state index in [9.17, 15) is 5.11 Å². The van der Waals surface area contributed by atoms with Gasteiger partial charge in [-0.25, -0.2) is 0 Å². The number of rotatable bonds is 6. The number of halogens is 1. The van der Waals surface area contributed by atoms with Crippen LogP contribution in [0.3, 0.4) is 0 Å². The fourth-order valence-corrected chi connectivity index (χ4v) is 2.43. The monoisotopic (exact) mass is 301 g/mol. The van der Waals surface area contributed by atoms with E-state index in [0.29, 0.717) is 6.54 Å². The number of hydrogen-bond donors (Lipinski definition) is 2. The predicted octanol–water partition coefficient (Wildman–Crippen LogP) is 2.71. The first kappa shape index (κ1) is 14.5. The van der Waals surface area contributed by atoms with Crippen LogP contribution >= 0.6 is 15.9 Å². The highest BCUT2D eigenvalue weighted by Gasteiger charge is 2.10. The number of aliphatic hydroxyl groups excluding tert-OH is 2. The molecule has 17 heavy (non-hydrogen) atoms. The molecule has 1 aromatic rings. The smallest absolute Gasteiger partial charge is 0.0762 e. The van der Waals surface area contributed by atoms with Crippen LogP contribution in [0.25, 0.3) is 0 Å². The van der Waals surface area contributed by atoms with Crippen molar-refractivity contribution in [3.05, 3.63) is 28.2 Å². The van der Waals surface area contributed by atoms with Crippen LogP contribution in [0, 0.1) is 0 Å². The van der Waals surface area contributed by atoms with Crippen LogP contribution in [0.15, 0.2) is 22.7 Å². The molecule has 0 aliphatic rings. The summed E-state index contributed by atoms with van der Waals surface area (Å²) >= 11 is 3.52. The zero-order valence-electron chi connectivity index (χ0n) is 10.4. The van der Waals surface area contributed by atoms with Crippen LogP contribution in [-0.2, 0) is 0 Å². The Balaban J connectivity index is 2.95. The van der Waals surface area contributed by atoms with E-state index in [2.05, 4.69) is 27.8 Å². The van der Waals surface area contributed by atoms with Crippen molar-refractivity contribution >= 4 is 21.6 Å². The fraction of sp³-hybridized carbons (Fsp3) is 0.538. The highest BCUT2D eigenvalue weighted by atomic mass is 79.9. The van der Waals surface area contributed by atoms with Crippen molar-refractivity contribution < 1.29 is 10.2 Å². The standard InChI is InChI=1S/C13H20BrNO2/c1-3-6-15(7-8-16)13-5-4-11(10(2)17)9-12(13)14/h4-5,9-10,16-17H,3,6-8H2,1-2H3/t10-/m1/s1. The maximum absolute atomic E-state index is 9.51. The van der Waals surface area contributed by atoms with Gasteiger partial charge in [-0.2, -0.15) is 0 Å². The number of nitrogens with zero attached hydrogens (tertiary/aromatic N) is 1. The van der Waals surface area contributed by atoms with Gasteiger partial charge in [0, 0.05) is 17.6 Å². The second-order valence-corrected chi connectivity index (χ2v) is 4.95. The Hall–Kier alpha value is -0.580. The van der Waals surface area contributed by atoms with Gasteiger partial charge in [0.15, 0.2) is 0 Å². The Labute approximate surface area is 111 Å². The van der Waals surface area contributed by atoms with Gasteiger partial charge in [-0.3, -0.25) is 0 Å². The van der Waals surface area contributed by atoms with Crippen LogP contribution in [0.4, 0.5) is 5.69 Å². The lowest BCUT2D eigenvalue weighted by Crippen LogP contribution is -2.27. The van der Waals surface area contributed by atoms with E-state index in [0.717, 1.165) is 28.7 Å². The van der Waals surface area contributed by atoms with Gasteiger partial charge in [-0.15, -0.1) is 0 Å². The molecule has 0 fully saturated rings. The molecule has 4 heteroatoms. The average molecular weight is 302 g/mol. The summed E-state index contributed by atoms with van der Waals surface area (Å²) in [7, 11) is 0. The van der Waals surface area contributed by atoms with Crippen LogP contribution in [0.1, 0.15) is 31.9 Å². The molecule has 0 aromatic heterocycles. The van der Waals surface area contributed by atoms with Crippen LogP contribution in [0.2, 0.25) is 0 Å². The summed E-state index contributed by atoms with van der Waals surface area (Å²) in [6.45, 7) is 5.54. The van der Waals surface area contributed by atoms with Gasteiger partial charge < -0.3 is 15.1 Å². The number of hydrogen-bond acceptors (Lipinski definition) is 3. The molecule has 1 atom stereocenters. The third kappa shape index (κ3) is 3.98. The van der Waals surface area contributed by atoms with Crippen molar-refractivity contribution in [3.8, 4) is 0 Å². The number of benzene rings is 1. The summed E-state index contributed by atoms with van der Waals surface area (Å²) < 4.78 is 0.956. The Morgan fingerprint density at radius 2 is 2.06 bits per heavy atom. The zero-order chi connectivity index (χ0) is 12.8. The van der Waals surface area contributed by atoms with E-state index >= 15 is 0 Å². The molecule has 0 bridgehead atoms. The first-order valence-electron chi connectivity index (χ1n) is 5.93. The quantitative estimate of drug-likeness (QED) is 0.849. The normalized spacial score (nSPS) is 12.5. The molecule has 0 heterocycles. The molecule has 1 aromatic carbocycles. The van der Waals surface area contributed by atoms with Gasteiger partial charge in [-0.05, 0) is 47.0 Å². The third-order valence-corrected chi connectivity index (χ3v) is 3.29. The van der Waals surface area contributed by atoms with Crippen molar-refractivity contribution in [1.29, 1.82) is 0 Å². The third-order valence-electron chi connectivity index (χ3n) is 2.66. The minimum Gasteiger partial charge on any atom is -0.395 e.